The number of nitrogens with one attached hydrogen (secondary N) is 1. The van der Waals surface area contributed by atoms with Gasteiger partial charge >= 0.3 is 5.97 Å². The van der Waals surface area contributed by atoms with Gasteiger partial charge in [0.25, 0.3) is 0 Å². The van der Waals surface area contributed by atoms with Gasteiger partial charge in [-0.05, 0) is 77.9 Å². The zero-order chi connectivity index (χ0) is 16.1. The van der Waals surface area contributed by atoms with Gasteiger partial charge in [0.15, 0.2) is 0 Å². The summed E-state index contributed by atoms with van der Waals surface area (Å²) in [4.78, 5) is 14.0. The van der Waals surface area contributed by atoms with Crippen LogP contribution in [0, 0.1) is 5.41 Å². The van der Waals surface area contributed by atoms with Crippen LogP contribution in [0.5, 0.6) is 0 Å². The normalized spacial score (nSPS) is 22.8. The minimum absolute atomic E-state index is 0.185. The maximum atomic E-state index is 11.5. The molecule has 2 N–H and O–H groups in total. The van der Waals surface area contributed by atoms with E-state index in [1.165, 1.54) is 19.3 Å². The molecule has 0 aromatic rings. The lowest BCUT2D eigenvalue weighted by molar-refractivity contribution is -0.144. The molecule has 1 atom stereocenters. The number of carboxylic acid groups (broad SMARTS) is 1. The Morgan fingerprint density at radius 1 is 1.33 bits per heavy atom. The number of rotatable bonds is 7. The fraction of sp³-hybridized carbons (Fsp3) is 0.941. The van der Waals surface area contributed by atoms with Gasteiger partial charge in [0, 0.05) is 6.04 Å². The quantitative estimate of drug-likeness (QED) is 0.758. The molecule has 1 rings (SSSR count). The lowest BCUT2D eigenvalue weighted by Crippen LogP contribution is -2.52. The highest BCUT2D eigenvalue weighted by Crippen LogP contribution is 2.29. The molecule has 1 heterocycles. The average Bonchev–Trinajstić information content (AvgIpc) is 2.50. The Morgan fingerprint density at radius 3 is 2.57 bits per heavy atom. The Balaban J connectivity index is 2.42. The summed E-state index contributed by atoms with van der Waals surface area (Å²) in [5, 5.41) is 12.7. The molecule has 0 saturated carbocycles. The van der Waals surface area contributed by atoms with Gasteiger partial charge in [-0.3, -0.25) is 10.1 Å². The second-order valence-corrected chi connectivity index (χ2v) is 7.90. The fourth-order valence-corrected chi connectivity index (χ4v) is 3.24. The third kappa shape index (κ3) is 6.35. The van der Waals surface area contributed by atoms with E-state index in [4.69, 9.17) is 0 Å². The Hall–Kier alpha value is -0.610. The van der Waals surface area contributed by atoms with Gasteiger partial charge in [-0.15, -0.1) is 0 Å². The first-order valence-electron chi connectivity index (χ1n) is 8.38. The number of hydrogen-bond donors (Lipinski definition) is 2. The molecule has 4 nitrogen and oxygen atoms in total. The van der Waals surface area contributed by atoms with E-state index in [9.17, 15) is 9.90 Å². The van der Waals surface area contributed by atoms with Gasteiger partial charge in [-0.25, -0.2) is 0 Å². The first-order valence-corrected chi connectivity index (χ1v) is 8.38. The molecular formula is C17H34N2O2. The van der Waals surface area contributed by atoms with Crippen molar-refractivity contribution >= 4 is 5.97 Å². The van der Waals surface area contributed by atoms with Crippen molar-refractivity contribution in [3.05, 3.63) is 0 Å². The zero-order valence-corrected chi connectivity index (χ0v) is 14.5. The number of carboxylic acids is 1. The van der Waals surface area contributed by atoms with Crippen LogP contribution in [0.3, 0.4) is 0 Å². The van der Waals surface area contributed by atoms with Crippen molar-refractivity contribution in [1.29, 1.82) is 0 Å². The third-order valence-electron chi connectivity index (χ3n) is 4.66. The molecule has 21 heavy (non-hydrogen) atoms. The van der Waals surface area contributed by atoms with Gasteiger partial charge in [0.1, 0.15) is 5.54 Å². The van der Waals surface area contributed by atoms with E-state index in [1.807, 2.05) is 13.8 Å². The van der Waals surface area contributed by atoms with Crippen LogP contribution in [0.2, 0.25) is 0 Å². The summed E-state index contributed by atoms with van der Waals surface area (Å²) in [6.07, 6.45) is 5.41. The molecule has 0 aliphatic carbocycles. The minimum atomic E-state index is -0.806. The predicted molar refractivity (Wildman–Crippen MR) is 87.6 cm³/mol. The highest BCUT2D eigenvalue weighted by atomic mass is 16.4. The standard InChI is InChI=1S/C17H34N2O2/c1-14(2)18-17(5,15(20)21)9-7-12-19-11-6-8-16(3,4)10-13-19/h14,18H,6-13H2,1-5H3,(H,20,21). The molecular weight excluding hydrogens is 264 g/mol. The van der Waals surface area contributed by atoms with Crippen molar-refractivity contribution in [1.82, 2.24) is 10.2 Å². The lowest BCUT2D eigenvalue weighted by Gasteiger charge is -2.30. The Kier molecular flexibility index (Phi) is 6.67. The second kappa shape index (κ2) is 7.59. The molecule has 0 radical (unpaired) electrons. The lowest BCUT2D eigenvalue weighted by atomic mass is 9.85. The van der Waals surface area contributed by atoms with E-state index in [-0.39, 0.29) is 6.04 Å². The first kappa shape index (κ1) is 18.4. The van der Waals surface area contributed by atoms with Crippen molar-refractivity contribution in [3.63, 3.8) is 0 Å². The van der Waals surface area contributed by atoms with Crippen molar-refractivity contribution in [2.24, 2.45) is 5.41 Å². The number of aliphatic carboxylic acids is 1. The van der Waals surface area contributed by atoms with Crippen LogP contribution >= 0.6 is 0 Å². The Morgan fingerprint density at radius 2 is 2.00 bits per heavy atom. The van der Waals surface area contributed by atoms with Gasteiger partial charge < -0.3 is 10.0 Å². The second-order valence-electron chi connectivity index (χ2n) is 7.90. The van der Waals surface area contributed by atoms with Gasteiger partial charge in [0.2, 0.25) is 0 Å². The van der Waals surface area contributed by atoms with Crippen LogP contribution in [-0.4, -0.2) is 47.2 Å². The van der Waals surface area contributed by atoms with Gasteiger partial charge in [-0.1, -0.05) is 13.8 Å². The van der Waals surface area contributed by atoms with Crippen LogP contribution in [-0.2, 0) is 4.79 Å². The van der Waals surface area contributed by atoms with E-state index in [2.05, 4.69) is 24.1 Å². The smallest absolute Gasteiger partial charge is 0.323 e. The largest absolute Gasteiger partial charge is 0.480 e. The summed E-state index contributed by atoms with van der Waals surface area (Å²) in [6, 6.07) is 0.185. The Bertz CT molecular complexity index is 342. The first-order chi connectivity index (χ1) is 9.65. The van der Waals surface area contributed by atoms with Crippen LogP contribution in [0.25, 0.3) is 0 Å². The molecule has 124 valence electrons. The van der Waals surface area contributed by atoms with Crippen molar-refractivity contribution in [3.8, 4) is 0 Å². The van der Waals surface area contributed by atoms with Gasteiger partial charge in [0.05, 0.1) is 0 Å². The summed E-state index contributed by atoms with van der Waals surface area (Å²) >= 11 is 0. The van der Waals surface area contributed by atoms with Crippen LogP contribution in [0.1, 0.15) is 66.7 Å². The van der Waals surface area contributed by atoms with Crippen molar-refractivity contribution in [2.75, 3.05) is 19.6 Å². The molecule has 0 spiro atoms. The summed E-state index contributed by atoms with van der Waals surface area (Å²) in [5.74, 6) is -0.742. The summed E-state index contributed by atoms with van der Waals surface area (Å²) in [7, 11) is 0. The van der Waals surface area contributed by atoms with E-state index < -0.39 is 11.5 Å². The number of nitrogens with zero attached hydrogens (tertiary/aromatic N) is 1. The molecule has 1 aliphatic heterocycles. The van der Waals surface area contributed by atoms with Crippen molar-refractivity contribution in [2.45, 2.75) is 78.3 Å². The topological polar surface area (TPSA) is 52.6 Å². The highest BCUT2D eigenvalue weighted by molar-refractivity contribution is 5.78. The van der Waals surface area contributed by atoms with E-state index in [0.29, 0.717) is 11.8 Å². The molecule has 1 unspecified atom stereocenters. The molecule has 0 aromatic carbocycles. The molecule has 1 aliphatic rings. The van der Waals surface area contributed by atoms with Crippen LogP contribution < -0.4 is 5.32 Å². The molecule has 4 heteroatoms. The molecule has 1 saturated heterocycles. The predicted octanol–water partition coefficient (Wildman–Crippen LogP) is 3.12. The zero-order valence-electron chi connectivity index (χ0n) is 14.5. The van der Waals surface area contributed by atoms with Crippen LogP contribution in [0.4, 0.5) is 0 Å². The monoisotopic (exact) mass is 298 g/mol. The number of carbonyl (C=O) groups is 1. The van der Waals surface area contributed by atoms with E-state index in [0.717, 1.165) is 26.1 Å². The van der Waals surface area contributed by atoms with Crippen LogP contribution in [0.15, 0.2) is 0 Å². The molecule has 0 amide bonds. The number of likely N-dealkylation sites (tertiary alicyclic amines) is 1. The number of hydrogen-bond acceptors (Lipinski definition) is 3. The average molecular weight is 298 g/mol. The van der Waals surface area contributed by atoms with E-state index >= 15 is 0 Å². The maximum absolute atomic E-state index is 11.5. The summed E-state index contributed by atoms with van der Waals surface area (Å²) < 4.78 is 0. The Labute approximate surface area is 130 Å². The molecule has 0 aromatic heterocycles. The maximum Gasteiger partial charge on any atom is 0.323 e. The molecule has 0 bridgehead atoms. The SMILES string of the molecule is CC(C)NC(C)(CCCN1CCCC(C)(C)CC1)C(=O)O. The minimum Gasteiger partial charge on any atom is -0.480 e. The summed E-state index contributed by atoms with van der Waals surface area (Å²) in [5.41, 5.74) is -0.344. The summed E-state index contributed by atoms with van der Waals surface area (Å²) in [6.45, 7) is 13.8. The fourth-order valence-electron chi connectivity index (χ4n) is 3.24. The van der Waals surface area contributed by atoms with Crippen molar-refractivity contribution < 1.29 is 9.90 Å². The highest BCUT2D eigenvalue weighted by Gasteiger charge is 2.33. The van der Waals surface area contributed by atoms with Gasteiger partial charge in [-0.2, -0.15) is 0 Å². The molecule has 1 fully saturated rings. The van der Waals surface area contributed by atoms with E-state index in [1.54, 1.807) is 6.92 Å². The third-order valence-corrected chi connectivity index (χ3v) is 4.66.